The van der Waals surface area contributed by atoms with Crippen LogP contribution in [0.25, 0.3) is 0 Å². The molecule has 0 spiro atoms. The van der Waals surface area contributed by atoms with Crippen LogP contribution in [0, 0.1) is 11.3 Å². The molecule has 3 rings (SSSR count). The van der Waals surface area contributed by atoms with Gasteiger partial charge in [-0.15, -0.1) is 0 Å². The zero-order chi connectivity index (χ0) is 20.8. The summed E-state index contributed by atoms with van der Waals surface area (Å²) in [6, 6.07) is 12.5. The molecule has 0 saturated carbocycles. The quantitative estimate of drug-likeness (QED) is 0.420. The normalized spacial score (nSPS) is 14.0. The molecule has 1 amide bonds. The van der Waals surface area contributed by atoms with E-state index < -0.39 is 24.3 Å². The maximum atomic E-state index is 12.4. The number of amides is 1. The van der Waals surface area contributed by atoms with Crippen LogP contribution >= 0.6 is 11.8 Å². The summed E-state index contributed by atoms with van der Waals surface area (Å²) in [6.45, 7) is -0.505. The van der Waals surface area contributed by atoms with Gasteiger partial charge in [0.2, 0.25) is 5.78 Å². The van der Waals surface area contributed by atoms with E-state index in [0.717, 1.165) is 10.6 Å². The van der Waals surface area contributed by atoms with Crippen molar-refractivity contribution in [1.82, 2.24) is 5.32 Å². The van der Waals surface area contributed by atoms with E-state index in [0.29, 0.717) is 5.03 Å². The van der Waals surface area contributed by atoms with Gasteiger partial charge in [0.05, 0.1) is 18.4 Å². The van der Waals surface area contributed by atoms with Crippen LogP contribution in [0.5, 0.6) is 0 Å². The molecule has 8 nitrogen and oxygen atoms in total. The van der Waals surface area contributed by atoms with Crippen molar-refractivity contribution in [1.29, 1.82) is 5.26 Å². The van der Waals surface area contributed by atoms with E-state index in [1.165, 1.54) is 24.1 Å². The van der Waals surface area contributed by atoms with Crippen molar-refractivity contribution in [3.63, 3.8) is 0 Å². The Morgan fingerprint density at radius 1 is 1.24 bits per heavy atom. The molecule has 0 aliphatic carbocycles. The second kappa shape index (κ2) is 9.12. The molecule has 0 bridgehead atoms. The van der Waals surface area contributed by atoms with Gasteiger partial charge >= 0.3 is 5.97 Å². The zero-order valence-corrected chi connectivity index (χ0v) is 16.3. The van der Waals surface area contributed by atoms with Gasteiger partial charge in [0.25, 0.3) is 5.91 Å². The number of nitriles is 1. The molecule has 0 atom stereocenters. The summed E-state index contributed by atoms with van der Waals surface area (Å²) in [7, 11) is 1.77. The van der Waals surface area contributed by atoms with Gasteiger partial charge in [-0.3, -0.25) is 14.4 Å². The Morgan fingerprint density at radius 3 is 2.72 bits per heavy atom. The predicted molar refractivity (Wildman–Crippen MR) is 105 cm³/mol. The fourth-order valence-electron chi connectivity index (χ4n) is 2.61. The molecule has 0 unspecified atom stereocenters. The molecule has 1 N–H and O–H groups in total. The lowest BCUT2D eigenvalue weighted by Crippen LogP contribution is -2.27. The summed E-state index contributed by atoms with van der Waals surface area (Å²) in [5.41, 5.74) is 0.838. The lowest BCUT2D eigenvalue weighted by Gasteiger charge is -2.14. The van der Waals surface area contributed by atoms with Gasteiger partial charge in [0.1, 0.15) is 16.7 Å². The smallest absolute Gasteiger partial charge is 0.308 e. The standard InChI is InChI=1S/C20H17N3O5S/c1-23-14-5-2-3-7-17(14)29-20(23)13(11-21)15(24)12-28-18(25)8-9-22-19(26)16-6-4-10-27-16/h2-7,10H,8-9,12H2,1H3,(H,22,26)/b20-13-. The number of fused-ring (bicyclic) bond motifs is 1. The number of nitrogens with one attached hydrogen (secondary N) is 1. The Bertz CT molecular complexity index is 1010. The predicted octanol–water partition coefficient (Wildman–Crippen LogP) is 2.49. The van der Waals surface area contributed by atoms with Gasteiger partial charge in [-0.05, 0) is 24.3 Å². The Labute approximate surface area is 171 Å². The first-order chi connectivity index (χ1) is 14.0. The van der Waals surface area contributed by atoms with Gasteiger partial charge in [0.15, 0.2) is 12.4 Å². The topological polar surface area (TPSA) is 113 Å². The Kier molecular flexibility index (Phi) is 6.36. The van der Waals surface area contributed by atoms with Crippen LogP contribution in [0.4, 0.5) is 5.69 Å². The van der Waals surface area contributed by atoms with E-state index in [1.807, 2.05) is 30.3 Å². The minimum absolute atomic E-state index is 0.0344. The van der Waals surface area contributed by atoms with Crippen molar-refractivity contribution in [3.8, 4) is 6.07 Å². The highest BCUT2D eigenvalue weighted by molar-refractivity contribution is 8.03. The number of nitrogens with zero attached hydrogens (tertiary/aromatic N) is 2. The van der Waals surface area contributed by atoms with E-state index >= 15 is 0 Å². The average Bonchev–Trinajstić information content (AvgIpc) is 3.36. The number of ketones is 1. The summed E-state index contributed by atoms with van der Waals surface area (Å²) >= 11 is 1.32. The number of thioether (sulfide) groups is 1. The summed E-state index contributed by atoms with van der Waals surface area (Å²) < 4.78 is 9.89. The molecular weight excluding hydrogens is 394 g/mol. The summed E-state index contributed by atoms with van der Waals surface area (Å²) in [5.74, 6) is -1.55. The first kappa shape index (κ1) is 20.2. The van der Waals surface area contributed by atoms with E-state index in [1.54, 1.807) is 18.0 Å². The van der Waals surface area contributed by atoms with Gasteiger partial charge in [0, 0.05) is 18.5 Å². The van der Waals surface area contributed by atoms with Crippen LogP contribution in [-0.4, -0.2) is 37.9 Å². The Hall–Kier alpha value is -3.51. The van der Waals surface area contributed by atoms with Crippen LogP contribution in [0.3, 0.4) is 0 Å². The molecule has 2 heterocycles. The molecule has 29 heavy (non-hydrogen) atoms. The summed E-state index contributed by atoms with van der Waals surface area (Å²) in [5, 5.41) is 12.5. The fourth-order valence-corrected chi connectivity index (χ4v) is 3.78. The molecular formula is C20H17N3O5S. The average molecular weight is 411 g/mol. The number of Topliss-reactive ketones (excluding diaryl/α,β-unsaturated/α-hetero) is 1. The van der Waals surface area contributed by atoms with Gasteiger partial charge < -0.3 is 19.4 Å². The summed E-state index contributed by atoms with van der Waals surface area (Å²) in [6.07, 6.45) is 1.26. The van der Waals surface area contributed by atoms with Crippen molar-refractivity contribution in [2.75, 3.05) is 25.1 Å². The first-order valence-corrected chi connectivity index (χ1v) is 9.48. The maximum Gasteiger partial charge on any atom is 0.308 e. The second-order valence-corrected chi connectivity index (χ2v) is 7.02. The molecule has 0 saturated heterocycles. The van der Waals surface area contributed by atoms with Crippen molar-refractivity contribution in [2.24, 2.45) is 0 Å². The van der Waals surface area contributed by atoms with E-state index in [2.05, 4.69) is 5.32 Å². The molecule has 0 fully saturated rings. The maximum absolute atomic E-state index is 12.4. The highest BCUT2D eigenvalue weighted by atomic mass is 32.2. The van der Waals surface area contributed by atoms with Crippen LogP contribution in [0.2, 0.25) is 0 Å². The number of carbonyl (C=O) groups excluding carboxylic acids is 3. The first-order valence-electron chi connectivity index (χ1n) is 8.66. The number of hydrogen-bond donors (Lipinski definition) is 1. The Balaban J connectivity index is 1.51. The van der Waals surface area contributed by atoms with Gasteiger partial charge in [-0.1, -0.05) is 23.9 Å². The molecule has 1 aliphatic heterocycles. The third-order valence-electron chi connectivity index (χ3n) is 4.07. The Morgan fingerprint density at radius 2 is 2.03 bits per heavy atom. The van der Waals surface area contributed by atoms with Crippen molar-refractivity contribution >= 4 is 35.1 Å². The SMILES string of the molecule is CN1/C(=C(\C#N)C(=O)COC(=O)CCNC(=O)c2ccco2)Sc2ccccc21. The van der Waals surface area contributed by atoms with Crippen LogP contribution < -0.4 is 10.2 Å². The van der Waals surface area contributed by atoms with Crippen molar-refractivity contribution in [3.05, 3.63) is 59.0 Å². The largest absolute Gasteiger partial charge is 0.459 e. The van der Waals surface area contributed by atoms with Crippen molar-refractivity contribution < 1.29 is 23.5 Å². The lowest BCUT2D eigenvalue weighted by atomic mass is 10.2. The van der Waals surface area contributed by atoms with E-state index in [9.17, 15) is 19.6 Å². The second-order valence-electron chi connectivity index (χ2n) is 5.99. The fraction of sp³-hybridized carbons (Fsp3) is 0.200. The molecule has 1 aliphatic rings. The highest BCUT2D eigenvalue weighted by Crippen LogP contribution is 2.46. The molecule has 1 aromatic carbocycles. The third kappa shape index (κ3) is 4.67. The van der Waals surface area contributed by atoms with Crippen LogP contribution in [0.15, 0.2) is 62.6 Å². The van der Waals surface area contributed by atoms with Gasteiger partial charge in [-0.2, -0.15) is 5.26 Å². The number of benzene rings is 1. The minimum Gasteiger partial charge on any atom is -0.459 e. The van der Waals surface area contributed by atoms with Crippen molar-refractivity contribution in [2.45, 2.75) is 11.3 Å². The molecule has 0 radical (unpaired) electrons. The molecule has 1 aromatic heterocycles. The monoisotopic (exact) mass is 411 g/mol. The number of furan rings is 1. The number of para-hydroxylation sites is 1. The number of anilines is 1. The number of esters is 1. The van der Waals surface area contributed by atoms with E-state index in [-0.39, 0.29) is 24.3 Å². The van der Waals surface area contributed by atoms with Gasteiger partial charge in [-0.25, -0.2) is 0 Å². The number of ether oxygens (including phenoxy) is 1. The highest BCUT2D eigenvalue weighted by Gasteiger charge is 2.28. The lowest BCUT2D eigenvalue weighted by molar-refractivity contribution is -0.146. The number of hydrogen-bond acceptors (Lipinski definition) is 8. The molecule has 148 valence electrons. The third-order valence-corrected chi connectivity index (χ3v) is 5.30. The summed E-state index contributed by atoms with van der Waals surface area (Å²) in [4.78, 5) is 38.6. The zero-order valence-electron chi connectivity index (χ0n) is 15.5. The van der Waals surface area contributed by atoms with Crippen LogP contribution in [-0.2, 0) is 14.3 Å². The minimum atomic E-state index is -0.656. The molecule has 2 aromatic rings. The number of rotatable bonds is 7. The van der Waals surface area contributed by atoms with Crippen LogP contribution in [0.1, 0.15) is 17.0 Å². The molecule has 9 heteroatoms. The van der Waals surface area contributed by atoms with E-state index in [4.69, 9.17) is 9.15 Å². The number of carbonyl (C=O) groups is 3.